The zero-order valence-electron chi connectivity index (χ0n) is 15.8. The standard InChI is InChI=1S/C22H17N7O/c30-22-24-19(15-8-10-16(11-9-15)21-26-28-29-27-21)18(14-5-2-1-3-6-14)20(25-22)17-7-4-12-23-13-17/h1-13,19H,(H2,24,25,30)(H,26,27,28,29). The quantitative estimate of drug-likeness (QED) is 0.492. The zero-order chi connectivity index (χ0) is 20.3. The van der Waals surface area contributed by atoms with Gasteiger partial charge >= 0.3 is 6.03 Å². The van der Waals surface area contributed by atoms with Crippen LogP contribution in [0.25, 0.3) is 22.7 Å². The lowest BCUT2D eigenvalue weighted by Crippen LogP contribution is -2.43. The first-order valence-electron chi connectivity index (χ1n) is 9.41. The van der Waals surface area contributed by atoms with Gasteiger partial charge in [0.1, 0.15) is 0 Å². The fourth-order valence-corrected chi connectivity index (χ4v) is 3.59. The fraction of sp³-hybridized carbons (Fsp3) is 0.0455. The third kappa shape index (κ3) is 3.30. The Morgan fingerprint density at radius 3 is 2.33 bits per heavy atom. The average molecular weight is 395 g/mol. The molecule has 0 aliphatic carbocycles. The first-order valence-corrected chi connectivity index (χ1v) is 9.41. The van der Waals surface area contributed by atoms with E-state index in [0.29, 0.717) is 5.82 Å². The highest BCUT2D eigenvalue weighted by Gasteiger charge is 2.30. The van der Waals surface area contributed by atoms with Crippen LogP contribution in [-0.4, -0.2) is 31.6 Å². The van der Waals surface area contributed by atoms with Gasteiger partial charge in [0.15, 0.2) is 0 Å². The number of hydrogen-bond donors (Lipinski definition) is 3. The number of nitrogens with one attached hydrogen (secondary N) is 3. The van der Waals surface area contributed by atoms with Crippen LogP contribution >= 0.6 is 0 Å². The number of benzene rings is 2. The van der Waals surface area contributed by atoms with Gasteiger partial charge in [-0.2, -0.15) is 5.21 Å². The van der Waals surface area contributed by atoms with E-state index in [1.54, 1.807) is 12.4 Å². The lowest BCUT2D eigenvalue weighted by Gasteiger charge is -2.31. The van der Waals surface area contributed by atoms with Crippen LogP contribution in [0, 0.1) is 0 Å². The molecule has 0 saturated heterocycles. The number of aromatic nitrogens is 5. The minimum absolute atomic E-state index is 0.263. The van der Waals surface area contributed by atoms with Crippen LogP contribution in [0.2, 0.25) is 0 Å². The van der Waals surface area contributed by atoms with E-state index in [9.17, 15) is 4.79 Å². The number of tetrazole rings is 1. The average Bonchev–Trinajstić information content (AvgIpc) is 3.35. The molecule has 3 heterocycles. The number of carbonyl (C=O) groups excluding carboxylic acids is 1. The monoisotopic (exact) mass is 395 g/mol. The normalized spacial score (nSPS) is 16.1. The van der Waals surface area contributed by atoms with E-state index in [4.69, 9.17) is 0 Å². The summed E-state index contributed by atoms with van der Waals surface area (Å²) in [7, 11) is 0. The van der Waals surface area contributed by atoms with E-state index in [2.05, 4.69) is 36.2 Å². The molecule has 30 heavy (non-hydrogen) atoms. The van der Waals surface area contributed by atoms with Gasteiger partial charge < -0.3 is 10.6 Å². The van der Waals surface area contributed by atoms with E-state index < -0.39 is 0 Å². The largest absolute Gasteiger partial charge is 0.327 e. The van der Waals surface area contributed by atoms with Gasteiger partial charge in [0.25, 0.3) is 0 Å². The lowest BCUT2D eigenvalue weighted by molar-refractivity contribution is 0.242. The van der Waals surface area contributed by atoms with Gasteiger partial charge in [-0.05, 0) is 28.5 Å². The number of hydrogen-bond acceptors (Lipinski definition) is 5. The fourth-order valence-electron chi connectivity index (χ4n) is 3.59. The van der Waals surface area contributed by atoms with E-state index in [0.717, 1.165) is 33.5 Å². The second kappa shape index (κ2) is 7.59. The summed E-state index contributed by atoms with van der Waals surface area (Å²) in [5, 5.41) is 20.1. The molecule has 1 unspecified atom stereocenters. The van der Waals surface area contributed by atoms with Gasteiger partial charge in [-0.3, -0.25) is 4.98 Å². The number of pyridine rings is 1. The molecule has 5 rings (SSSR count). The summed E-state index contributed by atoms with van der Waals surface area (Å²) >= 11 is 0. The number of amides is 2. The van der Waals surface area contributed by atoms with Crippen LogP contribution in [0.5, 0.6) is 0 Å². The highest BCUT2D eigenvalue weighted by atomic mass is 16.2. The van der Waals surface area contributed by atoms with Crippen molar-refractivity contribution in [2.45, 2.75) is 6.04 Å². The zero-order valence-corrected chi connectivity index (χ0v) is 15.8. The number of H-pyrrole nitrogens is 1. The molecule has 1 aliphatic heterocycles. The summed E-state index contributed by atoms with van der Waals surface area (Å²) in [6.07, 6.45) is 3.46. The van der Waals surface area contributed by atoms with Crippen LogP contribution in [0.15, 0.2) is 79.1 Å². The van der Waals surface area contributed by atoms with Crippen molar-refractivity contribution < 1.29 is 4.79 Å². The molecule has 0 spiro atoms. The van der Waals surface area contributed by atoms with E-state index in [-0.39, 0.29) is 12.1 Å². The summed E-state index contributed by atoms with van der Waals surface area (Å²) in [6.45, 7) is 0. The van der Waals surface area contributed by atoms with Crippen molar-refractivity contribution in [3.8, 4) is 11.4 Å². The Balaban J connectivity index is 1.65. The number of urea groups is 1. The Labute approximate surface area is 172 Å². The molecule has 0 saturated carbocycles. The van der Waals surface area contributed by atoms with Gasteiger partial charge in [0.05, 0.1) is 11.7 Å². The first kappa shape index (κ1) is 17.7. The van der Waals surface area contributed by atoms with Gasteiger partial charge in [0, 0.05) is 29.1 Å². The molecule has 1 aliphatic rings. The molecular formula is C22H17N7O. The Kier molecular flexibility index (Phi) is 4.49. The topological polar surface area (TPSA) is 108 Å². The number of aromatic amines is 1. The summed E-state index contributed by atoms with van der Waals surface area (Å²) in [5.41, 5.74) is 5.35. The van der Waals surface area contributed by atoms with Gasteiger partial charge in [-0.25, -0.2) is 4.79 Å². The SMILES string of the molecule is O=C1NC(c2cccnc2)=C(c2ccccc2)C(c2ccc(-c3nn[nH]n3)cc2)N1. The van der Waals surface area contributed by atoms with Crippen LogP contribution in [-0.2, 0) is 0 Å². The van der Waals surface area contributed by atoms with E-state index >= 15 is 0 Å². The Morgan fingerprint density at radius 2 is 1.63 bits per heavy atom. The van der Waals surface area contributed by atoms with Gasteiger partial charge in [0.2, 0.25) is 5.82 Å². The van der Waals surface area contributed by atoms with Crippen molar-refractivity contribution in [3.05, 3.63) is 95.8 Å². The van der Waals surface area contributed by atoms with Crippen molar-refractivity contribution in [1.29, 1.82) is 0 Å². The minimum Gasteiger partial charge on any atom is -0.327 e. The van der Waals surface area contributed by atoms with Crippen molar-refractivity contribution in [3.63, 3.8) is 0 Å². The third-order valence-corrected chi connectivity index (χ3v) is 4.95. The highest BCUT2D eigenvalue weighted by molar-refractivity contribution is 6.02. The Hall–Kier alpha value is -4.33. The third-order valence-electron chi connectivity index (χ3n) is 4.95. The molecular weight excluding hydrogens is 378 g/mol. The molecule has 2 aromatic carbocycles. The maximum atomic E-state index is 12.6. The lowest BCUT2D eigenvalue weighted by atomic mass is 9.88. The molecule has 2 aromatic heterocycles. The summed E-state index contributed by atoms with van der Waals surface area (Å²) in [5.74, 6) is 0.519. The Bertz CT molecular complexity index is 1190. The maximum absolute atomic E-state index is 12.6. The minimum atomic E-state index is -0.337. The molecule has 4 aromatic rings. The molecule has 0 radical (unpaired) electrons. The van der Waals surface area contributed by atoms with Crippen LogP contribution in [0.4, 0.5) is 4.79 Å². The smallest absolute Gasteiger partial charge is 0.320 e. The number of carbonyl (C=O) groups is 1. The molecule has 1 atom stereocenters. The molecule has 0 bridgehead atoms. The number of nitrogens with zero attached hydrogens (tertiary/aromatic N) is 4. The molecule has 8 nitrogen and oxygen atoms in total. The second-order valence-electron chi connectivity index (χ2n) is 6.79. The van der Waals surface area contributed by atoms with E-state index in [1.165, 1.54) is 0 Å². The second-order valence-corrected chi connectivity index (χ2v) is 6.79. The first-order chi connectivity index (χ1) is 14.8. The van der Waals surface area contributed by atoms with Crippen molar-refractivity contribution in [2.24, 2.45) is 0 Å². The summed E-state index contributed by atoms with van der Waals surface area (Å²) in [6, 6.07) is 21.0. The van der Waals surface area contributed by atoms with Gasteiger partial charge in [-0.1, -0.05) is 54.6 Å². The van der Waals surface area contributed by atoms with Crippen molar-refractivity contribution >= 4 is 17.3 Å². The molecule has 0 fully saturated rings. The predicted octanol–water partition coefficient (Wildman–Crippen LogP) is 3.18. The van der Waals surface area contributed by atoms with Crippen molar-refractivity contribution in [2.75, 3.05) is 0 Å². The molecule has 3 N–H and O–H groups in total. The Morgan fingerprint density at radius 1 is 0.833 bits per heavy atom. The number of rotatable bonds is 4. The van der Waals surface area contributed by atoms with Gasteiger partial charge in [-0.15, -0.1) is 10.2 Å². The molecule has 2 amide bonds. The maximum Gasteiger partial charge on any atom is 0.320 e. The summed E-state index contributed by atoms with van der Waals surface area (Å²) < 4.78 is 0. The summed E-state index contributed by atoms with van der Waals surface area (Å²) in [4.78, 5) is 16.8. The van der Waals surface area contributed by atoms with Crippen LogP contribution < -0.4 is 10.6 Å². The predicted molar refractivity (Wildman–Crippen MR) is 112 cm³/mol. The molecule has 146 valence electrons. The highest BCUT2D eigenvalue weighted by Crippen LogP contribution is 2.38. The molecule has 8 heteroatoms. The van der Waals surface area contributed by atoms with Crippen LogP contribution in [0.3, 0.4) is 0 Å². The van der Waals surface area contributed by atoms with Crippen molar-refractivity contribution in [1.82, 2.24) is 36.2 Å². The van der Waals surface area contributed by atoms with E-state index in [1.807, 2.05) is 66.7 Å². The van der Waals surface area contributed by atoms with Crippen LogP contribution in [0.1, 0.15) is 22.7 Å².